The molecule has 0 amide bonds. The molecule has 0 aliphatic heterocycles. The lowest BCUT2D eigenvalue weighted by Crippen LogP contribution is -2.16. The van der Waals surface area contributed by atoms with Crippen LogP contribution in [0.4, 0.5) is 17.1 Å². The summed E-state index contributed by atoms with van der Waals surface area (Å²) in [4.78, 5) is 2.46. The first kappa shape index (κ1) is 32.8. The number of rotatable bonds is 5. The summed E-state index contributed by atoms with van der Waals surface area (Å²) in [6, 6.07) is 67.5. The molecular formula is C54H42N2. The summed E-state index contributed by atoms with van der Waals surface area (Å²) < 4.78 is 2.52. The third-order valence-corrected chi connectivity index (χ3v) is 12.8. The van der Waals surface area contributed by atoms with Gasteiger partial charge < -0.3 is 9.47 Å². The van der Waals surface area contributed by atoms with Gasteiger partial charge in [-0.25, -0.2) is 0 Å². The van der Waals surface area contributed by atoms with Gasteiger partial charge in [0, 0.05) is 44.2 Å². The summed E-state index contributed by atoms with van der Waals surface area (Å²) in [5.74, 6) is 0. The molecule has 2 heteroatoms. The SMILES string of the molecule is CC1(C)c2ccccc2-c2ccc(N(c3cccc(-c4ccccc4)c3)c3ccc4c5ccccc5n(-c5cccc6c5-c5ccccc5C6(C)C)c4c3)cc21. The van der Waals surface area contributed by atoms with Crippen LogP contribution in [-0.2, 0) is 10.8 Å². The van der Waals surface area contributed by atoms with E-state index in [1.165, 1.54) is 83.1 Å². The fraction of sp³-hybridized carbons (Fsp3) is 0.111. The highest BCUT2D eigenvalue weighted by Crippen LogP contribution is 2.53. The largest absolute Gasteiger partial charge is 0.310 e. The predicted molar refractivity (Wildman–Crippen MR) is 236 cm³/mol. The number of para-hydroxylation sites is 1. The van der Waals surface area contributed by atoms with Crippen LogP contribution in [0.3, 0.4) is 0 Å². The molecule has 0 saturated heterocycles. The van der Waals surface area contributed by atoms with Crippen LogP contribution in [0.15, 0.2) is 182 Å². The normalized spacial score (nSPS) is 14.4. The Kier molecular flexibility index (Phi) is 6.98. The van der Waals surface area contributed by atoms with Gasteiger partial charge in [0.15, 0.2) is 0 Å². The highest BCUT2D eigenvalue weighted by atomic mass is 15.1. The van der Waals surface area contributed by atoms with Gasteiger partial charge in [0.05, 0.1) is 16.7 Å². The summed E-state index contributed by atoms with van der Waals surface area (Å²) in [6.07, 6.45) is 0. The number of hydrogen-bond donors (Lipinski definition) is 0. The van der Waals surface area contributed by atoms with E-state index in [1.807, 2.05) is 0 Å². The molecule has 0 spiro atoms. The quantitative estimate of drug-likeness (QED) is 0.172. The van der Waals surface area contributed by atoms with E-state index in [1.54, 1.807) is 0 Å². The second kappa shape index (κ2) is 11.9. The van der Waals surface area contributed by atoms with E-state index < -0.39 is 0 Å². The Morgan fingerprint density at radius 3 is 1.79 bits per heavy atom. The number of nitrogens with zero attached hydrogens (tertiary/aromatic N) is 2. The van der Waals surface area contributed by atoms with Crippen molar-refractivity contribution in [1.29, 1.82) is 0 Å². The van der Waals surface area contributed by atoms with Crippen LogP contribution in [-0.4, -0.2) is 4.57 Å². The molecule has 9 aromatic rings. The third kappa shape index (κ3) is 4.62. The lowest BCUT2D eigenvalue weighted by molar-refractivity contribution is 0.660. The van der Waals surface area contributed by atoms with Crippen LogP contribution < -0.4 is 4.90 Å². The Morgan fingerprint density at radius 1 is 0.375 bits per heavy atom. The molecule has 0 N–H and O–H groups in total. The van der Waals surface area contributed by atoms with Crippen molar-refractivity contribution >= 4 is 38.9 Å². The average Bonchev–Trinajstić information content (AvgIpc) is 3.78. The van der Waals surface area contributed by atoms with Crippen LogP contribution >= 0.6 is 0 Å². The number of fused-ring (bicyclic) bond motifs is 9. The Morgan fingerprint density at radius 2 is 0.946 bits per heavy atom. The molecule has 0 saturated carbocycles. The van der Waals surface area contributed by atoms with Crippen molar-refractivity contribution in [2.75, 3.05) is 4.90 Å². The van der Waals surface area contributed by atoms with E-state index in [4.69, 9.17) is 0 Å². The van der Waals surface area contributed by atoms with Crippen molar-refractivity contribution in [2.45, 2.75) is 38.5 Å². The van der Waals surface area contributed by atoms with Gasteiger partial charge in [0.2, 0.25) is 0 Å². The second-order valence-corrected chi connectivity index (χ2v) is 16.6. The molecule has 56 heavy (non-hydrogen) atoms. The van der Waals surface area contributed by atoms with Crippen LogP contribution in [0, 0.1) is 0 Å². The molecule has 0 fully saturated rings. The van der Waals surface area contributed by atoms with Gasteiger partial charge in [-0.3, -0.25) is 0 Å². The molecular weight excluding hydrogens is 677 g/mol. The van der Waals surface area contributed by atoms with E-state index in [2.05, 4.69) is 219 Å². The molecule has 0 unspecified atom stereocenters. The van der Waals surface area contributed by atoms with Gasteiger partial charge in [0.25, 0.3) is 0 Å². The first-order valence-electron chi connectivity index (χ1n) is 19.8. The summed E-state index contributed by atoms with van der Waals surface area (Å²) in [5.41, 5.74) is 20.0. The lowest BCUT2D eigenvalue weighted by atomic mass is 9.82. The van der Waals surface area contributed by atoms with Crippen LogP contribution in [0.1, 0.15) is 49.9 Å². The zero-order chi connectivity index (χ0) is 37.8. The first-order valence-corrected chi connectivity index (χ1v) is 19.8. The van der Waals surface area contributed by atoms with Gasteiger partial charge in [-0.1, -0.05) is 161 Å². The zero-order valence-corrected chi connectivity index (χ0v) is 32.2. The van der Waals surface area contributed by atoms with E-state index in [0.717, 1.165) is 17.1 Å². The van der Waals surface area contributed by atoms with Gasteiger partial charge in [0.1, 0.15) is 0 Å². The fourth-order valence-electron chi connectivity index (χ4n) is 10.0. The molecule has 0 radical (unpaired) electrons. The number of benzene rings is 8. The second-order valence-electron chi connectivity index (χ2n) is 16.6. The monoisotopic (exact) mass is 718 g/mol. The van der Waals surface area contributed by atoms with Gasteiger partial charge in [-0.15, -0.1) is 0 Å². The number of aromatic nitrogens is 1. The van der Waals surface area contributed by atoms with E-state index in [9.17, 15) is 0 Å². The fourth-order valence-corrected chi connectivity index (χ4v) is 10.0. The molecule has 11 rings (SSSR count). The Labute approximate surface area is 328 Å². The van der Waals surface area contributed by atoms with Crippen molar-refractivity contribution in [1.82, 2.24) is 4.57 Å². The van der Waals surface area contributed by atoms with E-state index >= 15 is 0 Å². The molecule has 8 aromatic carbocycles. The maximum absolute atomic E-state index is 2.52. The topological polar surface area (TPSA) is 8.17 Å². The molecule has 268 valence electrons. The Hall–Kier alpha value is -6.64. The molecule has 2 nitrogen and oxygen atoms in total. The number of anilines is 3. The Balaban J connectivity index is 1.17. The minimum absolute atomic E-state index is 0.0899. The average molecular weight is 719 g/mol. The highest BCUT2D eigenvalue weighted by molar-refractivity contribution is 6.11. The maximum Gasteiger partial charge on any atom is 0.0562 e. The van der Waals surface area contributed by atoms with Gasteiger partial charge >= 0.3 is 0 Å². The van der Waals surface area contributed by atoms with Crippen molar-refractivity contribution in [3.63, 3.8) is 0 Å². The van der Waals surface area contributed by atoms with Crippen LogP contribution in [0.5, 0.6) is 0 Å². The third-order valence-electron chi connectivity index (χ3n) is 12.8. The minimum Gasteiger partial charge on any atom is -0.310 e. The predicted octanol–water partition coefficient (Wildman–Crippen LogP) is 14.5. The highest BCUT2D eigenvalue weighted by Gasteiger charge is 2.38. The molecule has 0 bridgehead atoms. The van der Waals surface area contributed by atoms with Gasteiger partial charge in [-0.2, -0.15) is 0 Å². The van der Waals surface area contributed by atoms with Gasteiger partial charge in [-0.05, 0) is 98.6 Å². The van der Waals surface area contributed by atoms with Crippen molar-refractivity contribution in [3.8, 4) is 39.1 Å². The molecule has 2 aliphatic carbocycles. The maximum atomic E-state index is 2.52. The zero-order valence-electron chi connectivity index (χ0n) is 32.2. The summed E-state index contributed by atoms with van der Waals surface area (Å²) >= 11 is 0. The smallest absolute Gasteiger partial charge is 0.0562 e. The standard InChI is InChI=1S/C54H42N2/c1-53(2)46-24-12-9-22-44(46)52-47(53)25-15-27-50(52)56-49-26-13-10-21-42(49)43-31-29-39(34-51(43)56)55(37-19-14-18-36(32-37)35-16-6-5-7-17-35)38-28-30-41-40-20-8-11-23-45(40)54(3,4)48(41)33-38/h5-34H,1-4H3. The summed E-state index contributed by atoms with van der Waals surface area (Å²) in [5, 5.41) is 2.50. The summed E-state index contributed by atoms with van der Waals surface area (Å²) in [7, 11) is 0. The lowest BCUT2D eigenvalue weighted by Gasteiger charge is -2.28. The minimum atomic E-state index is -0.117. The molecule has 1 heterocycles. The van der Waals surface area contributed by atoms with Crippen LogP contribution in [0.25, 0.3) is 60.9 Å². The van der Waals surface area contributed by atoms with Crippen LogP contribution in [0.2, 0.25) is 0 Å². The molecule has 0 atom stereocenters. The Bertz CT molecular complexity index is 3030. The van der Waals surface area contributed by atoms with Crippen molar-refractivity contribution in [3.05, 3.63) is 204 Å². The molecule has 1 aromatic heterocycles. The van der Waals surface area contributed by atoms with Crippen molar-refractivity contribution < 1.29 is 0 Å². The van der Waals surface area contributed by atoms with E-state index in [0.29, 0.717) is 0 Å². The first-order chi connectivity index (χ1) is 27.3. The summed E-state index contributed by atoms with van der Waals surface area (Å²) in [6.45, 7) is 9.46. The molecule has 2 aliphatic rings. The van der Waals surface area contributed by atoms with Crippen molar-refractivity contribution in [2.24, 2.45) is 0 Å². The van der Waals surface area contributed by atoms with E-state index in [-0.39, 0.29) is 10.8 Å². The number of hydrogen-bond acceptors (Lipinski definition) is 1.